The molecule has 0 saturated heterocycles. The van der Waals surface area contributed by atoms with Gasteiger partial charge in [-0.1, -0.05) is 15.9 Å². The molecule has 0 fully saturated rings. The van der Waals surface area contributed by atoms with Gasteiger partial charge in [-0.3, -0.25) is 4.79 Å². The molecule has 0 amide bonds. The average Bonchev–Trinajstić information content (AvgIpc) is 2.95. The summed E-state index contributed by atoms with van der Waals surface area (Å²) in [4.78, 5) is 13.2. The molecule has 1 aliphatic rings. The summed E-state index contributed by atoms with van der Waals surface area (Å²) in [6, 6.07) is 5.73. The number of rotatable bonds is 2. The summed E-state index contributed by atoms with van der Waals surface area (Å²) in [5.74, 6) is 0.750. The van der Waals surface area contributed by atoms with Crippen LogP contribution >= 0.6 is 43.2 Å². The zero-order valence-electron chi connectivity index (χ0n) is 9.20. The van der Waals surface area contributed by atoms with Crippen molar-refractivity contribution in [2.75, 3.05) is 6.61 Å². The maximum Gasteiger partial charge on any atom is 0.207 e. The van der Waals surface area contributed by atoms with E-state index in [1.165, 1.54) is 11.3 Å². The minimum atomic E-state index is 0.0105. The summed E-state index contributed by atoms with van der Waals surface area (Å²) in [6.07, 6.45) is 0.862. The van der Waals surface area contributed by atoms with E-state index in [1.54, 1.807) is 0 Å². The fraction of sp³-hybridized carbons (Fsp3) is 0.154. The Morgan fingerprint density at radius 3 is 2.89 bits per heavy atom. The number of carbonyl (C=O) groups is 1. The molecule has 2 nitrogen and oxygen atoms in total. The van der Waals surface area contributed by atoms with Crippen molar-refractivity contribution in [3.05, 3.63) is 48.5 Å². The van der Waals surface area contributed by atoms with E-state index in [9.17, 15) is 4.79 Å². The Labute approximate surface area is 125 Å². The van der Waals surface area contributed by atoms with Gasteiger partial charge in [0.25, 0.3) is 0 Å². The van der Waals surface area contributed by atoms with E-state index >= 15 is 0 Å². The van der Waals surface area contributed by atoms with Gasteiger partial charge in [0, 0.05) is 15.4 Å². The highest BCUT2D eigenvalue weighted by Gasteiger charge is 2.24. The van der Waals surface area contributed by atoms with Crippen LogP contribution in [0.3, 0.4) is 0 Å². The normalized spacial score (nSPS) is 13.2. The molecule has 0 aliphatic carbocycles. The molecule has 1 aliphatic heterocycles. The number of thiophene rings is 1. The van der Waals surface area contributed by atoms with Crippen molar-refractivity contribution in [1.29, 1.82) is 0 Å². The van der Waals surface area contributed by atoms with E-state index in [0.29, 0.717) is 17.0 Å². The van der Waals surface area contributed by atoms with Crippen LogP contribution in [-0.4, -0.2) is 12.4 Å². The van der Waals surface area contributed by atoms with Crippen LogP contribution in [0.2, 0.25) is 0 Å². The van der Waals surface area contributed by atoms with Gasteiger partial charge in [0.15, 0.2) is 0 Å². The van der Waals surface area contributed by atoms with Crippen molar-refractivity contribution >= 4 is 49.0 Å². The fourth-order valence-electron chi connectivity index (χ4n) is 2.02. The average molecular weight is 388 g/mol. The summed E-state index contributed by atoms with van der Waals surface area (Å²) < 4.78 is 7.35. The first-order valence-corrected chi connectivity index (χ1v) is 7.86. The number of fused-ring (bicyclic) bond motifs is 1. The first-order chi connectivity index (χ1) is 8.66. The third-order valence-corrected chi connectivity index (χ3v) is 5.11. The van der Waals surface area contributed by atoms with Gasteiger partial charge >= 0.3 is 0 Å². The second-order valence-corrected chi connectivity index (χ2v) is 6.65. The molecule has 2 heterocycles. The number of ether oxygens (including phenoxy) is 1. The maximum absolute atomic E-state index is 12.5. The number of hydrogen-bond acceptors (Lipinski definition) is 3. The molecule has 92 valence electrons. The molecule has 2 aromatic rings. The van der Waals surface area contributed by atoms with Gasteiger partial charge in [-0.05, 0) is 45.1 Å². The van der Waals surface area contributed by atoms with E-state index in [4.69, 9.17) is 4.74 Å². The van der Waals surface area contributed by atoms with Crippen LogP contribution in [-0.2, 0) is 6.42 Å². The van der Waals surface area contributed by atoms with Gasteiger partial charge in [-0.2, -0.15) is 0 Å². The van der Waals surface area contributed by atoms with E-state index in [2.05, 4.69) is 31.9 Å². The van der Waals surface area contributed by atoms with Gasteiger partial charge in [-0.15, -0.1) is 11.3 Å². The number of carbonyl (C=O) groups excluding carboxylic acids is 1. The number of benzene rings is 1. The second kappa shape index (κ2) is 4.79. The Balaban J connectivity index is 2.13. The summed E-state index contributed by atoms with van der Waals surface area (Å²) in [7, 11) is 0. The second-order valence-electron chi connectivity index (χ2n) is 3.97. The summed E-state index contributed by atoms with van der Waals surface area (Å²) >= 11 is 8.29. The predicted octanol–water partition coefficient (Wildman–Crippen LogP) is 4.44. The zero-order chi connectivity index (χ0) is 12.7. The lowest BCUT2D eigenvalue weighted by atomic mass is 10.0. The molecular formula is C13H8Br2O2S. The Morgan fingerprint density at radius 1 is 1.33 bits per heavy atom. The van der Waals surface area contributed by atoms with Crippen molar-refractivity contribution in [2.24, 2.45) is 0 Å². The summed E-state index contributed by atoms with van der Waals surface area (Å²) in [6.45, 7) is 0.650. The molecule has 5 heteroatoms. The van der Waals surface area contributed by atoms with Crippen LogP contribution in [0.25, 0.3) is 0 Å². The van der Waals surface area contributed by atoms with Crippen LogP contribution in [0.15, 0.2) is 32.5 Å². The van der Waals surface area contributed by atoms with Crippen LogP contribution in [0, 0.1) is 0 Å². The lowest BCUT2D eigenvalue weighted by Gasteiger charge is -2.07. The Kier molecular flexibility index (Phi) is 3.30. The fourth-order valence-corrected chi connectivity index (χ4v) is 4.03. The molecular weight excluding hydrogens is 380 g/mol. The third kappa shape index (κ3) is 2.04. The van der Waals surface area contributed by atoms with Gasteiger partial charge in [0.05, 0.1) is 17.0 Å². The molecule has 18 heavy (non-hydrogen) atoms. The Bertz CT molecular complexity index is 634. The molecule has 0 saturated carbocycles. The quantitative estimate of drug-likeness (QED) is 0.712. The van der Waals surface area contributed by atoms with Crippen molar-refractivity contribution in [2.45, 2.75) is 6.42 Å². The van der Waals surface area contributed by atoms with Crippen LogP contribution < -0.4 is 4.74 Å². The smallest absolute Gasteiger partial charge is 0.207 e. The highest BCUT2D eigenvalue weighted by molar-refractivity contribution is 9.10. The van der Waals surface area contributed by atoms with E-state index in [1.807, 2.05) is 23.6 Å². The van der Waals surface area contributed by atoms with Crippen LogP contribution in [0.4, 0.5) is 0 Å². The highest BCUT2D eigenvalue weighted by atomic mass is 79.9. The van der Waals surface area contributed by atoms with E-state index < -0.39 is 0 Å². The van der Waals surface area contributed by atoms with Crippen LogP contribution in [0.5, 0.6) is 5.75 Å². The molecule has 0 atom stereocenters. The van der Waals surface area contributed by atoms with Gasteiger partial charge in [0.1, 0.15) is 5.75 Å². The largest absolute Gasteiger partial charge is 0.492 e. The number of ketones is 1. The minimum Gasteiger partial charge on any atom is -0.492 e. The first-order valence-electron chi connectivity index (χ1n) is 5.39. The maximum atomic E-state index is 12.5. The Morgan fingerprint density at radius 2 is 2.17 bits per heavy atom. The molecule has 0 spiro atoms. The molecule has 0 bridgehead atoms. The molecule has 0 N–H and O–H groups in total. The monoisotopic (exact) mass is 386 g/mol. The van der Waals surface area contributed by atoms with Gasteiger partial charge in [-0.25, -0.2) is 0 Å². The molecule has 1 aromatic carbocycles. The van der Waals surface area contributed by atoms with E-state index in [-0.39, 0.29) is 5.78 Å². The SMILES string of the molecule is O=C(c1cc(Br)cc2c1OCC2)c1sccc1Br. The van der Waals surface area contributed by atoms with Crippen molar-refractivity contribution in [3.8, 4) is 5.75 Å². The van der Waals surface area contributed by atoms with Gasteiger partial charge < -0.3 is 4.74 Å². The van der Waals surface area contributed by atoms with Crippen molar-refractivity contribution < 1.29 is 9.53 Å². The topological polar surface area (TPSA) is 26.3 Å². The first kappa shape index (κ1) is 12.4. The third-order valence-electron chi connectivity index (χ3n) is 2.82. The van der Waals surface area contributed by atoms with Crippen molar-refractivity contribution in [3.63, 3.8) is 0 Å². The van der Waals surface area contributed by atoms with Gasteiger partial charge in [0.2, 0.25) is 5.78 Å². The lowest BCUT2D eigenvalue weighted by Crippen LogP contribution is -2.02. The van der Waals surface area contributed by atoms with Crippen molar-refractivity contribution in [1.82, 2.24) is 0 Å². The number of hydrogen-bond donors (Lipinski definition) is 0. The standard InChI is InChI=1S/C13H8Br2O2S/c14-8-5-7-1-3-17-12(7)9(6-8)11(16)13-10(15)2-4-18-13/h2,4-6H,1,3H2. The molecule has 3 rings (SSSR count). The molecule has 0 unspecified atom stereocenters. The summed E-state index contributed by atoms with van der Waals surface area (Å²) in [5.41, 5.74) is 1.74. The zero-order valence-corrected chi connectivity index (χ0v) is 13.2. The lowest BCUT2D eigenvalue weighted by molar-refractivity contribution is 0.103. The Hall–Kier alpha value is -0.650. The van der Waals surface area contributed by atoms with E-state index in [0.717, 1.165) is 26.7 Å². The molecule has 0 radical (unpaired) electrons. The molecule has 1 aromatic heterocycles. The predicted molar refractivity (Wildman–Crippen MR) is 78.8 cm³/mol. The minimum absolute atomic E-state index is 0.0105. The van der Waals surface area contributed by atoms with Crippen LogP contribution in [0.1, 0.15) is 20.8 Å². The summed E-state index contributed by atoms with van der Waals surface area (Å²) in [5, 5.41) is 1.90. The highest BCUT2D eigenvalue weighted by Crippen LogP contribution is 2.36. The number of halogens is 2.